The molecule has 0 spiro atoms. The first-order chi connectivity index (χ1) is 24.7. The number of hydrogen-bond acceptors (Lipinski definition) is 4. The molecule has 1 N–H and O–H groups in total. The lowest BCUT2D eigenvalue weighted by Crippen LogP contribution is -2.06. The average molecular weight is 643 g/mol. The van der Waals surface area contributed by atoms with Crippen LogP contribution in [0.1, 0.15) is 5.69 Å². The van der Waals surface area contributed by atoms with Gasteiger partial charge < -0.3 is 5.32 Å². The molecule has 0 amide bonds. The number of fused-ring (bicyclic) bond motifs is 8. The highest BCUT2D eigenvalue weighted by Gasteiger charge is 2.26. The largest absolute Gasteiger partial charge is 0.355 e. The van der Waals surface area contributed by atoms with E-state index in [0.717, 1.165) is 88.8 Å². The van der Waals surface area contributed by atoms with E-state index < -0.39 is 0 Å². The smallest absolute Gasteiger partial charge is 0.235 e. The van der Waals surface area contributed by atoms with Crippen LogP contribution in [0.3, 0.4) is 0 Å². The second-order valence-corrected chi connectivity index (χ2v) is 12.6. The number of nitrogens with zero attached hydrogens (tertiary/aromatic N) is 5. The molecule has 4 heterocycles. The number of aryl methyl sites for hydroxylation is 1. The van der Waals surface area contributed by atoms with Crippen molar-refractivity contribution in [2.45, 2.75) is 6.92 Å². The van der Waals surface area contributed by atoms with Crippen LogP contribution in [0, 0.1) is 6.92 Å². The molecule has 4 aromatic heterocycles. The maximum atomic E-state index is 5.38. The number of anilines is 2. The van der Waals surface area contributed by atoms with Crippen molar-refractivity contribution < 1.29 is 0 Å². The second kappa shape index (κ2) is 11.1. The molecule has 6 heteroatoms. The number of nitrogens with one attached hydrogen (secondary N) is 1. The highest BCUT2D eigenvalue weighted by atomic mass is 15.2. The van der Waals surface area contributed by atoms with Gasteiger partial charge in [0, 0.05) is 49.9 Å². The first-order valence-electron chi connectivity index (χ1n) is 16.8. The Labute approximate surface area is 287 Å². The van der Waals surface area contributed by atoms with E-state index in [1.807, 2.05) is 24.3 Å². The summed E-state index contributed by atoms with van der Waals surface area (Å²) in [5, 5.41) is 6.96. The summed E-state index contributed by atoms with van der Waals surface area (Å²) in [6, 6.07) is 54.5. The Morgan fingerprint density at radius 1 is 0.540 bits per heavy atom. The summed E-state index contributed by atoms with van der Waals surface area (Å²) in [6.07, 6.45) is 0. The van der Waals surface area contributed by atoms with E-state index in [9.17, 15) is 0 Å². The molecule has 0 fully saturated rings. The maximum Gasteiger partial charge on any atom is 0.235 e. The van der Waals surface area contributed by atoms with Crippen molar-refractivity contribution in [2.75, 3.05) is 5.32 Å². The summed E-state index contributed by atoms with van der Waals surface area (Å²) >= 11 is 0. The lowest BCUT2D eigenvalue weighted by molar-refractivity contribution is 1.01. The van der Waals surface area contributed by atoms with Gasteiger partial charge in [0.1, 0.15) is 5.52 Å². The van der Waals surface area contributed by atoms with E-state index in [2.05, 4.69) is 155 Å². The van der Waals surface area contributed by atoms with Gasteiger partial charge in [0.25, 0.3) is 0 Å². The minimum atomic E-state index is 0.605. The van der Waals surface area contributed by atoms with Crippen LogP contribution in [0.2, 0.25) is 0 Å². The third-order valence-corrected chi connectivity index (χ3v) is 9.68. The number of pyridine rings is 1. The van der Waals surface area contributed by atoms with Gasteiger partial charge in [0.2, 0.25) is 5.95 Å². The second-order valence-electron chi connectivity index (χ2n) is 12.6. The summed E-state index contributed by atoms with van der Waals surface area (Å²) in [6.45, 7) is 2.21. The van der Waals surface area contributed by atoms with Gasteiger partial charge in [-0.15, -0.1) is 0 Å². The van der Waals surface area contributed by atoms with Crippen LogP contribution < -0.4 is 5.32 Å². The molecule has 0 aliphatic carbocycles. The van der Waals surface area contributed by atoms with E-state index in [0.29, 0.717) is 5.95 Å². The fourth-order valence-electron chi connectivity index (χ4n) is 7.53. The van der Waals surface area contributed by atoms with Crippen LogP contribution >= 0.6 is 0 Å². The van der Waals surface area contributed by atoms with Gasteiger partial charge in [-0.3, -0.25) is 8.97 Å². The summed E-state index contributed by atoms with van der Waals surface area (Å²) < 4.78 is 4.53. The van der Waals surface area contributed by atoms with E-state index in [1.165, 1.54) is 0 Å². The van der Waals surface area contributed by atoms with Gasteiger partial charge in [-0.2, -0.15) is 0 Å². The Hall–Kier alpha value is -6.79. The molecule has 10 rings (SSSR count). The zero-order valence-electron chi connectivity index (χ0n) is 27.2. The van der Waals surface area contributed by atoms with Crippen LogP contribution in [-0.2, 0) is 0 Å². The molecule has 10 aromatic rings. The van der Waals surface area contributed by atoms with Gasteiger partial charge >= 0.3 is 0 Å². The third kappa shape index (κ3) is 4.25. The maximum absolute atomic E-state index is 5.38. The van der Waals surface area contributed by atoms with E-state index in [1.54, 1.807) is 0 Å². The van der Waals surface area contributed by atoms with Crippen LogP contribution in [0.25, 0.3) is 77.7 Å². The highest BCUT2D eigenvalue weighted by molar-refractivity contribution is 6.21. The topological polar surface area (TPSA) is 60.0 Å². The number of imidazole rings is 1. The number of aromatic nitrogens is 5. The van der Waals surface area contributed by atoms with Crippen LogP contribution in [0.4, 0.5) is 11.4 Å². The Morgan fingerprint density at radius 3 is 2.00 bits per heavy atom. The van der Waals surface area contributed by atoms with E-state index in [4.69, 9.17) is 15.0 Å². The zero-order chi connectivity index (χ0) is 33.2. The van der Waals surface area contributed by atoms with E-state index in [-0.39, 0.29) is 0 Å². The molecule has 236 valence electrons. The lowest BCUT2D eigenvalue weighted by atomic mass is 9.96. The standard InChI is InChI=1S/C44H30N6/c1-28-39(31-20-8-11-23-34(31)45-30-18-6-3-7-19-30)40-33-22-10-14-26-37(33)50(42(40)43-46-36-25-13-15-27-38(36)49(28)43)44-47-35-24-12-9-21-32(35)41(48-44)29-16-4-2-5-17-29/h2-27,45H,1H3. The Kier molecular flexibility index (Phi) is 6.29. The number of para-hydroxylation sites is 6. The minimum Gasteiger partial charge on any atom is -0.355 e. The Morgan fingerprint density at radius 2 is 1.18 bits per heavy atom. The number of rotatable bonds is 5. The van der Waals surface area contributed by atoms with Gasteiger partial charge in [0.05, 0.1) is 27.8 Å². The molecule has 0 bridgehead atoms. The van der Waals surface area contributed by atoms with Crippen molar-refractivity contribution in [1.29, 1.82) is 0 Å². The molecule has 0 aliphatic heterocycles. The zero-order valence-corrected chi connectivity index (χ0v) is 27.2. The first kappa shape index (κ1) is 28.2. The molecule has 0 radical (unpaired) electrons. The van der Waals surface area contributed by atoms with Crippen molar-refractivity contribution in [3.8, 4) is 28.3 Å². The van der Waals surface area contributed by atoms with Crippen molar-refractivity contribution in [1.82, 2.24) is 23.9 Å². The van der Waals surface area contributed by atoms with E-state index >= 15 is 0 Å². The monoisotopic (exact) mass is 642 g/mol. The first-order valence-corrected chi connectivity index (χ1v) is 16.8. The number of hydrogen-bond donors (Lipinski definition) is 1. The molecule has 50 heavy (non-hydrogen) atoms. The summed E-state index contributed by atoms with van der Waals surface area (Å²) in [5.74, 6) is 0.605. The Balaban J connectivity index is 1.39. The van der Waals surface area contributed by atoms with Crippen LogP contribution in [-0.4, -0.2) is 23.9 Å². The molecular formula is C44H30N6. The molecule has 0 aliphatic rings. The fraction of sp³-hybridized carbons (Fsp3) is 0.0227. The van der Waals surface area contributed by atoms with Crippen LogP contribution in [0.5, 0.6) is 0 Å². The normalized spacial score (nSPS) is 11.7. The van der Waals surface area contributed by atoms with Crippen molar-refractivity contribution in [2.24, 2.45) is 0 Å². The molecule has 0 atom stereocenters. The van der Waals surface area contributed by atoms with Gasteiger partial charge in [-0.25, -0.2) is 15.0 Å². The SMILES string of the molecule is Cc1c(-c2ccccc2Nc2ccccc2)c2c3ccccc3n(-c3nc(-c4ccccc4)c4ccccc4n3)c2c2nc3ccccc3n12. The average Bonchev–Trinajstić information content (AvgIpc) is 3.73. The summed E-state index contributed by atoms with van der Waals surface area (Å²) in [5.41, 5.74) is 13.1. The van der Waals surface area contributed by atoms with Crippen molar-refractivity contribution in [3.63, 3.8) is 0 Å². The minimum absolute atomic E-state index is 0.605. The van der Waals surface area contributed by atoms with Gasteiger partial charge in [-0.05, 0) is 49.4 Å². The highest BCUT2D eigenvalue weighted by Crippen LogP contribution is 2.45. The van der Waals surface area contributed by atoms with Crippen LogP contribution in [0.15, 0.2) is 158 Å². The lowest BCUT2D eigenvalue weighted by Gasteiger charge is -2.18. The Bertz CT molecular complexity index is 2900. The molecule has 0 saturated heterocycles. The summed E-state index contributed by atoms with van der Waals surface area (Å²) in [4.78, 5) is 16.0. The quantitative estimate of drug-likeness (QED) is 0.203. The fourth-order valence-corrected chi connectivity index (χ4v) is 7.53. The predicted molar refractivity (Wildman–Crippen MR) is 205 cm³/mol. The van der Waals surface area contributed by atoms with Gasteiger partial charge in [-0.1, -0.05) is 115 Å². The predicted octanol–water partition coefficient (Wildman–Crippen LogP) is 10.9. The van der Waals surface area contributed by atoms with Gasteiger partial charge in [0.15, 0.2) is 5.65 Å². The number of benzene rings is 6. The van der Waals surface area contributed by atoms with Crippen molar-refractivity contribution >= 4 is 60.8 Å². The molecular weight excluding hydrogens is 613 g/mol. The molecule has 0 saturated carbocycles. The third-order valence-electron chi connectivity index (χ3n) is 9.68. The molecule has 0 unspecified atom stereocenters. The van der Waals surface area contributed by atoms with Crippen molar-refractivity contribution in [3.05, 3.63) is 163 Å². The summed E-state index contributed by atoms with van der Waals surface area (Å²) in [7, 11) is 0. The molecule has 6 aromatic carbocycles. The molecule has 6 nitrogen and oxygen atoms in total.